The minimum atomic E-state index is -1.20. The summed E-state index contributed by atoms with van der Waals surface area (Å²) in [6, 6.07) is 16.0. The van der Waals surface area contributed by atoms with E-state index in [-0.39, 0.29) is 11.1 Å². The maximum absolute atomic E-state index is 13.1. The fraction of sp³-hybridized carbons (Fsp3) is 0.222. The first kappa shape index (κ1) is 23.2. The highest BCUT2D eigenvalue weighted by atomic mass is 16.5. The third-order valence-corrected chi connectivity index (χ3v) is 6.31. The zero-order valence-corrected chi connectivity index (χ0v) is 19.7. The maximum Gasteiger partial charge on any atom is 0.329 e. The number of benzene rings is 2. The maximum atomic E-state index is 13.1. The van der Waals surface area contributed by atoms with Gasteiger partial charge in [-0.1, -0.05) is 42.0 Å². The van der Waals surface area contributed by atoms with E-state index in [2.05, 4.69) is 5.10 Å². The normalized spacial score (nSPS) is 17.7. The number of furan rings is 1. The summed E-state index contributed by atoms with van der Waals surface area (Å²) in [7, 11) is 0. The number of carbonyl (C=O) groups is 4. The Morgan fingerprint density at radius 3 is 2.31 bits per heavy atom. The Morgan fingerprint density at radius 1 is 1.03 bits per heavy atom. The third kappa shape index (κ3) is 4.08. The number of ether oxygens (including phenoxy) is 1. The molecule has 0 saturated carbocycles. The highest BCUT2D eigenvalue weighted by molar-refractivity contribution is 6.22. The van der Waals surface area contributed by atoms with Gasteiger partial charge in [0.25, 0.3) is 17.7 Å². The van der Waals surface area contributed by atoms with Crippen LogP contribution in [0.15, 0.2) is 76.4 Å². The molecule has 0 bridgehead atoms. The summed E-state index contributed by atoms with van der Waals surface area (Å²) in [5.74, 6) is -2.01. The lowest BCUT2D eigenvalue weighted by molar-refractivity contribution is -0.155. The van der Waals surface area contributed by atoms with E-state index in [1.54, 1.807) is 24.3 Å². The minimum absolute atomic E-state index is 0.231. The number of rotatable bonds is 6. The number of amides is 3. The predicted molar refractivity (Wildman–Crippen MR) is 128 cm³/mol. The van der Waals surface area contributed by atoms with Crippen molar-refractivity contribution in [3.05, 3.63) is 94.9 Å². The van der Waals surface area contributed by atoms with Gasteiger partial charge in [-0.25, -0.2) is 9.80 Å². The number of aryl methyl sites for hydroxylation is 1. The molecule has 3 amide bonds. The molecule has 0 aliphatic carbocycles. The number of nitrogens with zero attached hydrogens (tertiary/aromatic N) is 3. The highest BCUT2D eigenvalue weighted by Gasteiger charge is 2.42. The molecule has 3 aromatic rings. The summed E-state index contributed by atoms with van der Waals surface area (Å²) in [5, 5.41) is 5.77. The van der Waals surface area contributed by atoms with Crippen LogP contribution in [-0.4, -0.2) is 52.0 Å². The second-order valence-electron chi connectivity index (χ2n) is 8.70. The van der Waals surface area contributed by atoms with Crippen molar-refractivity contribution in [2.24, 2.45) is 5.10 Å². The van der Waals surface area contributed by atoms with Crippen molar-refractivity contribution in [3.63, 3.8) is 0 Å². The van der Waals surface area contributed by atoms with Gasteiger partial charge >= 0.3 is 5.97 Å². The lowest BCUT2D eigenvalue weighted by atomic mass is 10.0. The number of hydrazone groups is 1. The molecule has 9 nitrogen and oxygen atoms in total. The second-order valence-corrected chi connectivity index (χ2v) is 8.70. The molecule has 0 spiro atoms. The van der Waals surface area contributed by atoms with Gasteiger partial charge in [0, 0.05) is 6.42 Å². The van der Waals surface area contributed by atoms with Crippen molar-refractivity contribution in [2.45, 2.75) is 32.4 Å². The molecule has 0 N–H and O–H groups in total. The van der Waals surface area contributed by atoms with E-state index in [1.165, 1.54) is 30.3 Å². The summed E-state index contributed by atoms with van der Waals surface area (Å²) in [6.45, 7) is 2.77. The van der Waals surface area contributed by atoms with Gasteiger partial charge in [0.05, 0.1) is 23.1 Å². The van der Waals surface area contributed by atoms with Crippen LogP contribution in [0, 0.1) is 6.92 Å². The van der Waals surface area contributed by atoms with Gasteiger partial charge in [0.15, 0.2) is 6.61 Å². The zero-order valence-electron chi connectivity index (χ0n) is 19.7. The standard InChI is InChI=1S/C27H23N3O6/c1-16-9-11-18(12-10-16)21-14-22(23-8-5-13-35-23)30(28-21)24(31)15-36-27(34)17(2)29-25(32)19-6-3-4-7-20(19)26(29)33/h3-13,17,22H,14-15H2,1-2H3. The van der Waals surface area contributed by atoms with Crippen LogP contribution in [0.1, 0.15) is 57.0 Å². The Morgan fingerprint density at radius 2 is 1.69 bits per heavy atom. The Balaban J connectivity index is 1.29. The summed E-state index contributed by atoms with van der Waals surface area (Å²) in [5.41, 5.74) is 3.15. The molecule has 2 unspecified atom stereocenters. The number of esters is 1. The predicted octanol–water partition coefficient (Wildman–Crippen LogP) is 3.49. The second kappa shape index (κ2) is 9.26. The van der Waals surface area contributed by atoms with Crippen LogP contribution < -0.4 is 0 Å². The van der Waals surface area contributed by atoms with Crippen LogP contribution in [0.3, 0.4) is 0 Å². The van der Waals surface area contributed by atoms with Crippen molar-refractivity contribution < 1.29 is 28.3 Å². The number of carbonyl (C=O) groups excluding carboxylic acids is 4. The smallest absolute Gasteiger partial charge is 0.329 e. The Bertz CT molecular complexity index is 1340. The molecule has 2 aliphatic rings. The van der Waals surface area contributed by atoms with Crippen LogP contribution in [0.4, 0.5) is 0 Å². The van der Waals surface area contributed by atoms with Gasteiger partial charge in [-0.15, -0.1) is 0 Å². The van der Waals surface area contributed by atoms with Gasteiger partial charge in [-0.05, 0) is 43.7 Å². The summed E-state index contributed by atoms with van der Waals surface area (Å²) >= 11 is 0. The molecule has 0 saturated heterocycles. The first-order chi connectivity index (χ1) is 17.3. The molecule has 1 aromatic heterocycles. The largest absolute Gasteiger partial charge is 0.467 e. The van der Waals surface area contributed by atoms with Gasteiger partial charge in [0.1, 0.15) is 17.8 Å². The lowest BCUT2D eigenvalue weighted by Gasteiger charge is -2.22. The summed E-state index contributed by atoms with van der Waals surface area (Å²) in [6.07, 6.45) is 1.95. The van der Waals surface area contributed by atoms with Crippen molar-refractivity contribution in [3.8, 4) is 0 Å². The SMILES string of the molecule is Cc1ccc(C2=NN(C(=O)COC(=O)C(C)N3C(=O)c4ccccc4C3=O)C(c3ccco3)C2)cc1. The van der Waals surface area contributed by atoms with Crippen LogP contribution in [0.5, 0.6) is 0 Å². The molecule has 0 radical (unpaired) electrons. The van der Waals surface area contributed by atoms with Crippen molar-refractivity contribution >= 4 is 29.4 Å². The van der Waals surface area contributed by atoms with E-state index in [4.69, 9.17) is 9.15 Å². The van der Waals surface area contributed by atoms with E-state index >= 15 is 0 Å². The molecule has 0 fully saturated rings. The zero-order chi connectivity index (χ0) is 25.4. The monoisotopic (exact) mass is 485 g/mol. The van der Waals surface area contributed by atoms with Crippen molar-refractivity contribution in [2.75, 3.05) is 6.61 Å². The minimum Gasteiger partial charge on any atom is -0.467 e. The quantitative estimate of drug-likeness (QED) is 0.391. The fourth-order valence-electron chi connectivity index (χ4n) is 4.35. The van der Waals surface area contributed by atoms with Crippen LogP contribution >= 0.6 is 0 Å². The van der Waals surface area contributed by atoms with Crippen molar-refractivity contribution in [1.82, 2.24) is 9.91 Å². The van der Waals surface area contributed by atoms with E-state index < -0.39 is 42.4 Å². The first-order valence-corrected chi connectivity index (χ1v) is 11.5. The number of hydrogen-bond donors (Lipinski definition) is 0. The average Bonchev–Trinajstić information content (AvgIpc) is 3.62. The molecule has 9 heteroatoms. The first-order valence-electron chi connectivity index (χ1n) is 11.5. The lowest BCUT2D eigenvalue weighted by Crippen LogP contribution is -2.44. The molecule has 5 rings (SSSR count). The molecule has 36 heavy (non-hydrogen) atoms. The number of imide groups is 1. The van der Waals surface area contributed by atoms with Crippen molar-refractivity contribution in [1.29, 1.82) is 0 Å². The van der Waals surface area contributed by atoms with Crippen LogP contribution in [-0.2, 0) is 14.3 Å². The average molecular weight is 485 g/mol. The molecule has 2 aliphatic heterocycles. The molecule has 2 atom stereocenters. The molecule has 3 heterocycles. The van der Waals surface area contributed by atoms with Crippen LogP contribution in [0.2, 0.25) is 0 Å². The summed E-state index contributed by atoms with van der Waals surface area (Å²) < 4.78 is 10.8. The Hall–Kier alpha value is -4.53. The van der Waals surface area contributed by atoms with Gasteiger partial charge < -0.3 is 9.15 Å². The Labute approximate surface area is 206 Å². The van der Waals surface area contributed by atoms with Gasteiger partial charge in [0.2, 0.25) is 0 Å². The van der Waals surface area contributed by atoms with E-state index in [0.717, 1.165) is 16.0 Å². The number of hydrogen-bond acceptors (Lipinski definition) is 7. The molecular formula is C27H23N3O6. The molecule has 182 valence electrons. The highest BCUT2D eigenvalue weighted by Crippen LogP contribution is 2.33. The topological polar surface area (TPSA) is 109 Å². The molecular weight excluding hydrogens is 462 g/mol. The fourth-order valence-corrected chi connectivity index (χ4v) is 4.35. The van der Waals surface area contributed by atoms with E-state index in [9.17, 15) is 19.2 Å². The summed E-state index contributed by atoms with van der Waals surface area (Å²) in [4.78, 5) is 52.0. The Kier molecular flexibility index (Phi) is 5.97. The van der Waals surface area contributed by atoms with Crippen LogP contribution in [0.25, 0.3) is 0 Å². The number of fused-ring (bicyclic) bond motifs is 1. The van der Waals surface area contributed by atoms with E-state index in [1.807, 2.05) is 31.2 Å². The van der Waals surface area contributed by atoms with E-state index in [0.29, 0.717) is 17.9 Å². The van der Waals surface area contributed by atoms with Gasteiger partial charge in [-0.2, -0.15) is 5.10 Å². The third-order valence-electron chi connectivity index (χ3n) is 6.31. The molecule has 2 aromatic carbocycles. The van der Waals surface area contributed by atoms with Gasteiger partial charge in [-0.3, -0.25) is 19.3 Å².